The summed E-state index contributed by atoms with van der Waals surface area (Å²) in [5.41, 5.74) is 0. The van der Waals surface area contributed by atoms with E-state index in [2.05, 4.69) is 0 Å². The van der Waals surface area contributed by atoms with Gasteiger partial charge in [-0.3, -0.25) is 9.59 Å². The minimum absolute atomic E-state index is 0.00416. The Kier molecular flexibility index (Phi) is 9.91. The summed E-state index contributed by atoms with van der Waals surface area (Å²) in [6.07, 6.45) is 12.7. The predicted octanol–water partition coefficient (Wildman–Crippen LogP) is 4.61. The lowest BCUT2D eigenvalue weighted by atomic mass is 10.0. The van der Waals surface area contributed by atoms with Crippen LogP contribution < -0.4 is 0 Å². The van der Waals surface area contributed by atoms with Crippen molar-refractivity contribution in [2.45, 2.75) is 100 Å². The fourth-order valence-electron chi connectivity index (χ4n) is 3.32. The van der Waals surface area contributed by atoms with E-state index in [1.54, 1.807) is 0 Å². The van der Waals surface area contributed by atoms with Crippen LogP contribution in [0.5, 0.6) is 0 Å². The zero-order valence-electron chi connectivity index (χ0n) is 14.9. The van der Waals surface area contributed by atoms with Gasteiger partial charge in [-0.1, -0.05) is 38.5 Å². The van der Waals surface area contributed by atoms with Gasteiger partial charge in [0.05, 0.1) is 17.3 Å². The maximum absolute atomic E-state index is 12.0. The van der Waals surface area contributed by atoms with Gasteiger partial charge in [-0.25, -0.2) is 4.21 Å². The SMILES string of the molecule is O=C(CCCCC(=O)OS(=O)C1CCCCC1)OSC1CCCCC1. The summed E-state index contributed by atoms with van der Waals surface area (Å²) in [6.45, 7) is 0. The average molecular weight is 391 g/mol. The summed E-state index contributed by atoms with van der Waals surface area (Å²) in [5.74, 6) is -0.636. The molecule has 0 aromatic heterocycles. The highest BCUT2D eigenvalue weighted by Gasteiger charge is 2.23. The average Bonchev–Trinajstić information content (AvgIpc) is 2.65. The number of unbranched alkanes of at least 4 members (excludes halogenated alkanes) is 1. The second-order valence-electron chi connectivity index (χ2n) is 6.99. The summed E-state index contributed by atoms with van der Waals surface area (Å²) in [5, 5.41) is 0.451. The van der Waals surface area contributed by atoms with Crippen LogP contribution in [0.15, 0.2) is 0 Å². The van der Waals surface area contributed by atoms with Crippen molar-refractivity contribution in [3.05, 3.63) is 0 Å². The molecule has 2 rings (SSSR count). The topological polar surface area (TPSA) is 69.7 Å². The quantitative estimate of drug-likeness (QED) is 0.423. The van der Waals surface area contributed by atoms with Crippen LogP contribution in [0.3, 0.4) is 0 Å². The first-order valence-corrected chi connectivity index (χ1v) is 11.6. The minimum Gasteiger partial charge on any atom is -0.391 e. The molecule has 1 atom stereocenters. The van der Waals surface area contributed by atoms with Gasteiger partial charge in [0.1, 0.15) is 0 Å². The van der Waals surface area contributed by atoms with E-state index >= 15 is 0 Å². The zero-order valence-corrected chi connectivity index (χ0v) is 16.5. The first-order valence-electron chi connectivity index (χ1n) is 9.63. The maximum Gasteiger partial charge on any atom is 0.320 e. The van der Waals surface area contributed by atoms with Crippen molar-refractivity contribution in [3.8, 4) is 0 Å². The van der Waals surface area contributed by atoms with Gasteiger partial charge in [-0.15, -0.1) is 0 Å². The second kappa shape index (κ2) is 11.9. The molecule has 0 aromatic rings. The van der Waals surface area contributed by atoms with Crippen LogP contribution in [0.1, 0.15) is 89.9 Å². The molecule has 0 spiro atoms. The molecule has 7 heteroatoms. The molecular formula is C18H30O5S2. The number of hydrogen-bond donors (Lipinski definition) is 0. The fourth-order valence-corrected chi connectivity index (χ4v) is 5.30. The molecule has 2 saturated carbocycles. The molecule has 1 unspecified atom stereocenters. The second-order valence-corrected chi connectivity index (χ2v) is 9.37. The van der Waals surface area contributed by atoms with E-state index in [0.29, 0.717) is 24.5 Å². The van der Waals surface area contributed by atoms with Gasteiger partial charge in [0.25, 0.3) is 0 Å². The Bertz CT molecular complexity index is 443. The molecule has 2 aliphatic carbocycles. The monoisotopic (exact) mass is 390 g/mol. The molecular weight excluding hydrogens is 360 g/mol. The lowest BCUT2D eigenvalue weighted by Gasteiger charge is -2.19. The van der Waals surface area contributed by atoms with Crippen molar-refractivity contribution in [1.82, 2.24) is 0 Å². The van der Waals surface area contributed by atoms with Crippen molar-refractivity contribution in [1.29, 1.82) is 0 Å². The third-order valence-corrected chi connectivity index (χ3v) is 7.23. The smallest absolute Gasteiger partial charge is 0.320 e. The summed E-state index contributed by atoms with van der Waals surface area (Å²) < 4.78 is 22.3. The predicted molar refractivity (Wildman–Crippen MR) is 100 cm³/mol. The molecule has 144 valence electrons. The van der Waals surface area contributed by atoms with Crippen LogP contribution in [-0.4, -0.2) is 26.6 Å². The van der Waals surface area contributed by atoms with Crippen LogP contribution in [0, 0.1) is 0 Å². The standard InChI is InChI=1S/C18H30O5S2/c19-17(22-24-15-9-3-1-4-10-15)13-7-8-14-18(20)23-25(21)16-11-5-2-6-12-16/h15-16H,1-14H2. The molecule has 0 radical (unpaired) electrons. The van der Waals surface area contributed by atoms with Crippen molar-refractivity contribution in [2.75, 3.05) is 0 Å². The van der Waals surface area contributed by atoms with Gasteiger partial charge in [0, 0.05) is 18.1 Å². The van der Waals surface area contributed by atoms with Crippen molar-refractivity contribution in [2.24, 2.45) is 0 Å². The molecule has 0 saturated heterocycles. The first kappa shape index (κ1) is 20.7. The Morgan fingerprint density at radius 1 is 0.840 bits per heavy atom. The molecule has 0 heterocycles. The molecule has 2 fully saturated rings. The number of carbonyl (C=O) groups excluding carboxylic acids is 2. The zero-order chi connectivity index (χ0) is 17.9. The number of hydrogen-bond acceptors (Lipinski definition) is 6. The molecule has 0 aliphatic heterocycles. The minimum atomic E-state index is -1.50. The van der Waals surface area contributed by atoms with Crippen LogP contribution in [0.2, 0.25) is 0 Å². The summed E-state index contributed by atoms with van der Waals surface area (Å²) >= 11 is -0.189. The van der Waals surface area contributed by atoms with E-state index < -0.39 is 17.0 Å². The molecule has 0 bridgehead atoms. The largest absolute Gasteiger partial charge is 0.391 e. The van der Waals surface area contributed by atoms with Gasteiger partial charge >= 0.3 is 11.9 Å². The third-order valence-electron chi connectivity index (χ3n) is 4.84. The van der Waals surface area contributed by atoms with E-state index in [0.717, 1.165) is 38.5 Å². The Balaban J connectivity index is 1.49. The Morgan fingerprint density at radius 2 is 1.40 bits per heavy atom. The summed E-state index contributed by atoms with van der Waals surface area (Å²) in [4.78, 5) is 23.4. The van der Waals surface area contributed by atoms with Crippen LogP contribution in [-0.2, 0) is 29.0 Å². The van der Waals surface area contributed by atoms with Gasteiger partial charge in [-0.05, 0) is 38.5 Å². The lowest BCUT2D eigenvalue weighted by molar-refractivity contribution is -0.135. The van der Waals surface area contributed by atoms with Crippen LogP contribution in [0.25, 0.3) is 0 Å². The van der Waals surface area contributed by atoms with Crippen molar-refractivity contribution >= 4 is 35.1 Å². The lowest BCUT2D eigenvalue weighted by Crippen LogP contribution is -2.22. The first-order chi connectivity index (χ1) is 12.1. The van der Waals surface area contributed by atoms with Gasteiger partial charge < -0.3 is 8.37 Å². The highest BCUT2D eigenvalue weighted by Crippen LogP contribution is 2.29. The van der Waals surface area contributed by atoms with E-state index in [9.17, 15) is 13.8 Å². The maximum atomic E-state index is 12.0. The van der Waals surface area contributed by atoms with Gasteiger partial charge in [0.15, 0.2) is 0 Å². The third kappa shape index (κ3) is 8.58. The van der Waals surface area contributed by atoms with E-state index in [1.165, 1.54) is 37.7 Å². The number of carbonyl (C=O) groups is 2. The van der Waals surface area contributed by atoms with E-state index in [1.807, 2.05) is 0 Å². The Labute approximate surface area is 157 Å². The Morgan fingerprint density at radius 3 is 2.04 bits per heavy atom. The van der Waals surface area contributed by atoms with Crippen LogP contribution >= 0.6 is 12.0 Å². The normalized spacial score (nSPS) is 20.8. The van der Waals surface area contributed by atoms with Crippen molar-refractivity contribution < 1.29 is 22.2 Å². The van der Waals surface area contributed by atoms with Crippen LogP contribution in [0.4, 0.5) is 0 Å². The highest BCUT2D eigenvalue weighted by atomic mass is 32.2. The molecule has 0 amide bonds. The highest BCUT2D eigenvalue weighted by molar-refractivity contribution is 7.95. The van der Waals surface area contributed by atoms with Gasteiger partial charge in [0.2, 0.25) is 11.1 Å². The molecule has 25 heavy (non-hydrogen) atoms. The van der Waals surface area contributed by atoms with E-state index in [-0.39, 0.29) is 17.6 Å². The molecule has 0 N–H and O–H groups in total. The fraction of sp³-hybridized carbons (Fsp3) is 0.889. The van der Waals surface area contributed by atoms with Gasteiger partial charge in [-0.2, -0.15) is 0 Å². The molecule has 0 aromatic carbocycles. The van der Waals surface area contributed by atoms with E-state index in [4.69, 9.17) is 8.37 Å². The summed E-state index contributed by atoms with van der Waals surface area (Å²) in [7, 11) is 0. The summed E-state index contributed by atoms with van der Waals surface area (Å²) in [6, 6.07) is 0. The number of rotatable bonds is 9. The van der Waals surface area contributed by atoms with Crippen molar-refractivity contribution in [3.63, 3.8) is 0 Å². The molecule has 2 aliphatic rings. The molecule has 5 nitrogen and oxygen atoms in total. The Hall–Kier alpha value is -0.560.